The van der Waals surface area contributed by atoms with Crippen molar-refractivity contribution < 1.29 is 0 Å². The fourth-order valence-corrected chi connectivity index (χ4v) is 8.84. The molecule has 0 aliphatic heterocycles. The third kappa shape index (κ3) is 6.41. The second-order valence-corrected chi connectivity index (χ2v) is 15.4. The predicted molar refractivity (Wildman–Crippen MR) is 256 cm³/mol. The SMILES string of the molecule is c1ccc(-c2ccc(N(c3ccc(-c4ccccc4)cc3)c3ccc(N(c4ccc(-c5ccccc5)cc4)c4ccc5ccc6cccc7ccc4c5c67)cc3)cc2)cc1. The molecule has 0 unspecified atom stereocenters. The minimum absolute atomic E-state index is 1.08. The van der Waals surface area contributed by atoms with Crippen molar-refractivity contribution in [1.29, 1.82) is 0 Å². The lowest BCUT2D eigenvalue weighted by Crippen LogP contribution is -2.12. The van der Waals surface area contributed by atoms with Crippen molar-refractivity contribution in [3.63, 3.8) is 0 Å². The Labute approximate surface area is 350 Å². The van der Waals surface area contributed by atoms with Crippen molar-refractivity contribution in [1.82, 2.24) is 0 Å². The van der Waals surface area contributed by atoms with Gasteiger partial charge in [-0.05, 0) is 127 Å². The summed E-state index contributed by atoms with van der Waals surface area (Å²) in [5, 5.41) is 7.62. The van der Waals surface area contributed by atoms with Gasteiger partial charge in [-0.15, -0.1) is 0 Å². The molecule has 0 N–H and O–H groups in total. The highest BCUT2D eigenvalue weighted by atomic mass is 15.2. The van der Waals surface area contributed by atoms with Gasteiger partial charge in [0.05, 0.1) is 5.69 Å². The largest absolute Gasteiger partial charge is 0.311 e. The molecule has 282 valence electrons. The molecule has 0 aliphatic carbocycles. The summed E-state index contributed by atoms with van der Waals surface area (Å²) in [6.45, 7) is 0. The van der Waals surface area contributed by atoms with Crippen molar-refractivity contribution in [2.24, 2.45) is 0 Å². The van der Waals surface area contributed by atoms with Crippen LogP contribution in [0.4, 0.5) is 34.1 Å². The first-order chi connectivity index (χ1) is 29.7. The molecule has 0 fully saturated rings. The molecule has 0 spiro atoms. The van der Waals surface area contributed by atoms with Crippen molar-refractivity contribution in [2.75, 3.05) is 9.80 Å². The van der Waals surface area contributed by atoms with Crippen LogP contribution in [-0.4, -0.2) is 0 Å². The lowest BCUT2D eigenvalue weighted by atomic mass is 9.93. The number of hydrogen-bond donors (Lipinski definition) is 0. The third-order valence-corrected chi connectivity index (χ3v) is 11.8. The van der Waals surface area contributed by atoms with Crippen molar-refractivity contribution in [3.8, 4) is 33.4 Å². The number of nitrogens with zero attached hydrogens (tertiary/aromatic N) is 2. The molecule has 2 heteroatoms. The van der Waals surface area contributed by atoms with Crippen LogP contribution in [0.3, 0.4) is 0 Å². The molecule has 11 rings (SSSR count). The summed E-state index contributed by atoms with van der Waals surface area (Å²) < 4.78 is 0. The molecule has 0 radical (unpaired) electrons. The molecule has 2 nitrogen and oxygen atoms in total. The van der Waals surface area contributed by atoms with Crippen LogP contribution in [0.1, 0.15) is 0 Å². The zero-order chi connectivity index (χ0) is 39.8. The van der Waals surface area contributed by atoms with Crippen LogP contribution in [0.25, 0.3) is 65.7 Å². The summed E-state index contributed by atoms with van der Waals surface area (Å²) >= 11 is 0. The van der Waals surface area contributed by atoms with Crippen LogP contribution >= 0.6 is 0 Å². The third-order valence-electron chi connectivity index (χ3n) is 11.8. The summed E-state index contributed by atoms with van der Waals surface area (Å²) in [5.74, 6) is 0. The van der Waals surface area contributed by atoms with Crippen LogP contribution in [0.2, 0.25) is 0 Å². The molecule has 11 aromatic rings. The van der Waals surface area contributed by atoms with Crippen LogP contribution in [-0.2, 0) is 0 Å². The van der Waals surface area contributed by atoms with Crippen LogP contribution < -0.4 is 9.80 Å². The second-order valence-electron chi connectivity index (χ2n) is 15.4. The maximum absolute atomic E-state index is 2.41. The van der Waals surface area contributed by atoms with Crippen LogP contribution in [0, 0.1) is 0 Å². The molecule has 60 heavy (non-hydrogen) atoms. The fourth-order valence-electron chi connectivity index (χ4n) is 8.84. The minimum Gasteiger partial charge on any atom is -0.311 e. The summed E-state index contributed by atoms with van der Waals surface area (Å²) in [4.78, 5) is 4.76. The number of anilines is 6. The topological polar surface area (TPSA) is 6.48 Å². The number of hydrogen-bond acceptors (Lipinski definition) is 2. The van der Waals surface area contributed by atoms with Gasteiger partial charge in [-0.3, -0.25) is 0 Å². The smallest absolute Gasteiger partial charge is 0.0540 e. The van der Waals surface area contributed by atoms with Gasteiger partial charge in [-0.25, -0.2) is 0 Å². The normalized spacial score (nSPS) is 11.3. The van der Waals surface area contributed by atoms with Gasteiger partial charge in [0, 0.05) is 33.8 Å². The van der Waals surface area contributed by atoms with Gasteiger partial charge < -0.3 is 9.80 Å². The maximum Gasteiger partial charge on any atom is 0.0540 e. The Kier molecular flexibility index (Phi) is 8.87. The highest BCUT2D eigenvalue weighted by Gasteiger charge is 2.20. The van der Waals surface area contributed by atoms with Gasteiger partial charge in [0.15, 0.2) is 0 Å². The van der Waals surface area contributed by atoms with Crippen LogP contribution in [0.5, 0.6) is 0 Å². The van der Waals surface area contributed by atoms with E-state index in [9.17, 15) is 0 Å². The van der Waals surface area contributed by atoms with E-state index >= 15 is 0 Å². The number of benzene rings is 11. The van der Waals surface area contributed by atoms with E-state index in [4.69, 9.17) is 0 Å². The van der Waals surface area contributed by atoms with E-state index in [1.165, 1.54) is 65.7 Å². The Balaban J connectivity index is 1.04. The quantitative estimate of drug-likeness (QED) is 0.135. The molecule has 0 atom stereocenters. The Morgan fingerprint density at radius 3 is 0.933 bits per heavy atom. The maximum atomic E-state index is 2.41. The lowest BCUT2D eigenvalue weighted by molar-refractivity contribution is 1.26. The molecule has 0 saturated heterocycles. The Morgan fingerprint density at radius 1 is 0.200 bits per heavy atom. The van der Waals surface area contributed by atoms with Gasteiger partial charge in [-0.2, -0.15) is 0 Å². The van der Waals surface area contributed by atoms with Crippen LogP contribution in [0.15, 0.2) is 243 Å². The van der Waals surface area contributed by atoms with Crippen molar-refractivity contribution in [3.05, 3.63) is 243 Å². The Hall–Kier alpha value is -7.94. The van der Waals surface area contributed by atoms with Gasteiger partial charge in [0.1, 0.15) is 0 Å². The minimum atomic E-state index is 1.08. The molecule has 0 heterocycles. The van der Waals surface area contributed by atoms with Crippen molar-refractivity contribution >= 4 is 66.4 Å². The van der Waals surface area contributed by atoms with Gasteiger partial charge in [-0.1, -0.05) is 176 Å². The van der Waals surface area contributed by atoms with Gasteiger partial charge in [0.25, 0.3) is 0 Å². The average Bonchev–Trinajstić information content (AvgIpc) is 3.33. The fraction of sp³-hybridized carbons (Fsp3) is 0. The van der Waals surface area contributed by atoms with E-state index in [0.717, 1.165) is 34.1 Å². The molecule has 0 aliphatic rings. The van der Waals surface area contributed by atoms with Gasteiger partial charge in [0.2, 0.25) is 0 Å². The monoisotopic (exact) mass is 764 g/mol. The molecule has 0 bridgehead atoms. The highest BCUT2D eigenvalue weighted by molar-refractivity contribution is 6.25. The molecule has 0 aromatic heterocycles. The first-order valence-corrected chi connectivity index (χ1v) is 20.6. The highest BCUT2D eigenvalue weighted by Crippen LogP contribution is 2.45. The van der Waals surface area contributed by atoms with E-state index in [2.05, 4.69) is 252 Å². The first kappa shape index (κ1) is 35.2. The van der Waals surface area contributed by atoms with Gasteiger partial charge >= 0.3 is 0 Å². The number of rotatable bonds is 9. The average molecular weight is 765 g/mol. The van der Waals surface area contributed by atoms with E-state index in [-0.39, 0.29) is 0 Å². The molecule has 11 aromatic carbocycles. The van der Waals surface area contributed by atoms with E-state index < -0.39 is 0 Å². The molecular weight excluding hydrogens is 725 g/mol. The second kappa shape index (κ2) is 15.1. The molecular formula is C58H40N2. The van der Waals surface area contributed by atoms with E-state index in [1.807, 2.05) is 0 Å². The van der Waals surface area contributed by atoms with E-state index in [0.29, 0.717) is 0 Å². The first-order valence-electron chi connectivity index (χ1n) is 20.6. The summed E-state index contributed by atoms with van der Waals surface area (Å²) in [6.07, 6.45) is 0. The molecule has 0 amide bonds. The summed E-state index contributed by atoms with van der Waals surface area (Å²) in [6, 6.07) is 87.8. The summed E-state index contributed by atoms with van der Waals surface area (Å²) in [5.41, 5.74) is 13.8. The van der Waals surface area contributed by atoms with Crippen molar-refractivity contribution in [2.45, 2.75) is 0 Å². The summed E-state index contributed by atoms with van der Waals surface area (Å²) in [7, 11) is 0. The predicted octanol–water partition coefficient (Wildman–Crippen LogP) is 16.5. The standard InChI is InChI=1S/C58H40N2/c1-4-11-41(12-5-1)44-21-29-50(30-22-44)59(51-31-23-45(24-32-51)42-13-6-2-7-14-42)52-35-37-54(38-36-52)60(53-33-25-46(26-34-53)43-15-8-3-9-16-43)56-40-28-49-20-19-47-17-10-18-48-27-39-55(56)58(49)57(47)48/h1-40H. The molecule has 0 saturated carbocycles. The lowest BCUT2D eigenvalue weighted by Gasteiger charge is -2.29. The zero-order valence-corrected chi connectivity index (χ0v) is 33.0. The van der Waals surface area contributed by atoms with E-state index in [1.54, 1.807) is 0 Å². The Morgan fingerprint density at radius 2 is 0.517 bits per heavy atom. The zero-order valence-electron chi connectivity index (χ0n) is 33.0. The Bertz CT molecular complexity index is 3100.